The van der Waals surface area contributed by atoms with Gasteiger partial charge in [0.2, 0.25) is 0 Å². The third-order valence-electron chi connectivity index (χ3n) is 2.63. The molecule has 15 heavy (non-hydrogen) atoms. The van der Waals surface area contributed by atoms with E-state index in [9.17, 15) is 9.90 Å². The van der Waals surface area contributed by atoms with Gasteiger partial charge in [-0.2, -0.15) is 0 Å². The molecule has 0 spiro atoms. The average Bonchev–Trinajstić information content (AvgIpc) is 2.49. The quantitative estimate of drug-likeness (QED) is 0.791. The van der Waals surface area contributed by atoms with Crippen molar-refractivity contribution in [2.45, 2.75) is 19.4 Å². The molecule has 0 saturated carbocycles. The first-order valence-corrected chi connectivity index (χ1v) is 5.23. The van der Waals surface area contributed by atoms with Crippen molar-refractivity contribution in [3.63, 3.8) is 0 Å². The number of halogens is 1. The van der Waals surface area contributed by atoms with Gasteiger partial charge in [0.05, 0.1) is 0 Å². The summed E-state index contributed by atoms with van der Waals surface area (Å²) < 4.78 is 0. The van der Waals surface area contributed by atoms with Crippen molar-refractivity contribution in [1.29, 1.82) is 0 Å². The normalized spacial score (nSPS) is 21.1. The number of aryl methyl sites for hydroxylation is 1. The molecule has 0 bridgehead atoms. The number of hydrogen-bond acceptors (Lipinski definition) is 2. The largest absolute Gasteiger partial charge is 0.383 e. The van der Waals surface area contributed by atoms with Gasteiger partial charge in [-0.05, 0) is 30.7 Å². The summed E-state index contributed by atoms with van der Waals surface area (Å²) in [6, 6.07) is 5.38. The van der Waals surface area contributed by atoms with E-state index in [1.54, 1.807) is 11.0 Å². The second kappa shape index (κ2) is 3.83. The van der Waals surface area contributed by atoms with Gasteiger partial charge in [0.15, 0.2) is 0 Å². The molecule has 1 N–H and O–H groups in total. The lowest BCUT2D eigenvalue weighted by Crippen LogP contribution is -2.29. The maximum absolute atomic E-state index is 11.6. The first kappa shape index (κ1) is 10.5. The number of anilines is 1. The summed E-state index contributed by atoms with van der Waals surface area (Å²) in [7, 11) is 0. The van der Waals surface area contributed by atoms with E-state index >= 15 is 0 Å². The number of carbonyl (C=O) groups excluding carboxylic acids is 1. The molecule has 3 nitrogen and oxygen atoms in total. The van der Waals surface area contributed by atoms with Crippen molar-refractivity contribution >= 4 is 23.2 Å². The molecule has 1 aliphatic rings. The minimum atomic E-state index is -0.847. The lowest BCUT2D eigenvalue weighted by Gasteiger charge is -2.18. The Morgan fingerprint density at radius 2 is 2.27 bits per heavy atom. The number of amides is 1. The second-order valence-electron chi connectivity index (χ2n) is 3.73. The third kappa shape index (κ3) is 1.85. The molecular formula is C11H12ClNO2. The van der Waals surface area contributed by atoms with Crippen LogP contribution >= 0.6 is 11.6 Å². The predicted molar refractivity (Wildman–Crippen MR) is 59.2 cm³/mol. The van der Waals surface area contributed by atoms with Crippen molar-refractivity contribution in [2.24, 2.45) is 0 Å². The summed E-state index contributed by atoms with van der Waals surface area (Å²) >= 11 is 5.84. The maximum Gasteiger partial charge on any atom is 0.255 e. The van der Waals surface area contributed by atoms with Crippen molar-refractivity contribution in [3.8, 4) is 0 Å². The zero-order chi connectivity index (χ0) is 11.0. The van der Waals surface area contributed by atoms with Gasteiger partial charge in [-0.3, -0.25) is 4.79 Å². The van der Waals surface area contributed by atoms with Crippen LogP contribution in [0.3, 0.4) is 0 Å². The van der Waals surface area contributed by atoms with Gasteiger partial charge in [0.1, 0.15) is 6.10 Å². The smallest absolute Gasteiger partial charge is 0.255 e. The maximum atomic E-state index is 11.6. The third-order valence-corrected chi connectivity index (χ3v) is 2.86. The van der Waals surface area contributed by atoms with E-state index in [1.807, 2.05) is 19.1 Å². The average molecular weight is 226 g/mol. The van der Waals surface area contributed by atoms with Gasteiger partial charge < -0.3 is 10.0 Å². The lowest BCUT2D eigenvalue weighted by molar-refractivity contribution is -0.124. The Morgan fingerprint density at radius 1 is 1.53 bits per heavy atom. The van der Waals surface area contributed by atoms with Crippen LogP contribution in [-0.4, -0.2) is 23.7 Å². The monoisotopic (exact) mass is 225 g/mol. The first-order chi connectivity index (χ1) is 7.09. The number of benzene rings is 1. The van der Waals surface area contributed by atoms with Crippen LogP contribution < -0.4 is 4.90 Å². The second-order valence-corrected chi connectivity index (χ2v) is 4.16. The number of nitrogens with zero attached hydrogens (tertiary/aromatic N) is 1. The van der Waals surface area contributed by atoms with Crippen LogP contribution in [-0.2, 0) is 4.79 Å². The molecule has 1 saturated heterocycles. The molecule has 1 fully saturated rings. The lowest BCUT2D eigenvalue weighted by atomic mass is 10.2. The van der Waals surface area contributed by atoms with Gasteiger partial charge in [-0.1, -0.05) is 11.6 Å². The van der Waals surface area contributed by atoms with Crippen LogP contribution in [0.5, 0.6) is 0 Å². The standard InChI is InChI=1S/C11H12ClNO2/c1-7-6-8(12)2-3-9(7)13-5-4-10(14)11(13)15/h2-3,6,10,14H,4-5H2,1H3. The molecule has 0 aliphatic carbocycles. The minimum absolute atomic E-state index is 0.222. The zero-order valence-corrected chi connectivity index (χ0v) is 9.16. The summed E-state index contributed by atoms with van der Waals surface area (Å²) in [5, 5.41) is 10.0. The van der Waals surface area contributed by atoms with Crippen LogP contribution in [0.4, 0.5) is 5.69 Å². The van der Waals surface area contributed by atoms with Gasteiger partial charge in [0.25, 0.3) is 5.91 Å². The molecule has 80 valence electrons. The van der Waals surface area contributed by atoms with Crippen LogP contribution in [0.2, 0.25) is 5.02 Å². The highest BCUT2D eigenvalue weighted by Crippen LogP contribution is 2.27. The van der Waals surface area contributed by atoms with Crippen LogP contribution in [0, 0.1) is 6.92 Å². The zero-order valence-electron chi connectivity index (χ0n) is 8.40. The SMILES string of the molecule is Cc1cc(Cl)ccc1N1CCC(O)C1=O. The van der Waals surface area contributed by atoms with Gasteiger partial charge in [0, 0.05) is 23.7 Å². The summed E-state index contributed by atoms with van der Waals surface area (Å²) in [5.74, 6) is -0.222. The highest BCUT2D eigenvalue weighted by Gasteiger charge is 2.31. The molecule has 1 aromatic rings. The van der Waals surface area contributed by atoms with Crippen LogP contribution in [0.15, 0.2) is 18.2 Å². The molecule has 1 heterocycles. The number of hydrogen-bond donors (Lipinski definition) is 1. The number of carbonyl (C=O) groups is 1. The number of aliphatic hydroxyl groups is 1. The fourth-order valence-electron chi connectivity index (χ4n) is 1.83. The van der Waals surface area contributed by atoms with Crippen LogP contribution in [0.25, 0.3) is 0 Å². The Morgan fingerprint density at radius 3 is 2.80 bits per heavy atom. The molecule has 1 aromatic carbocycles. The Labute approximate surface area is 93.3 Å². The highest BCUT2D eigenvalue weighted by atomic mass is 35.5. The van der Waals surface area contributed by atoms with Crippen molar-refractivity contribution in [3.05, 3.63) is 28.8 Å². The fourth-order valence-corrected chi connectivity index (χ4v) is 2.05. The Hall–Kier alpha value is -1.06. The van der Waals surface area contributed by atoms with Gasteiger partial charge in [-0.25, -0.2) is 0 Å². The molecule has 2 rings (SSSR count). The molecule has 1 unspecified atom stereocenters. The van der Waals surface area contributed by atoms with E-state index in [2.05, 4.69) is 0 Å². The van der Waals surface area contributed by atoms with E-state index in [-0.39, 0.29) is 5.91 Å². The topological polar surface area (TPSA) is 40.5 Å². The molecular weight excluding hydrogens is 214 g/mol. The van der Waals surface area contributed by atoms with Crippen molar-refractivity contribution in [2.75, 3.05) is 11.4 Å². The molecule has 1 atom stereocenters. The Kier molecular flexibility index (Phi) is 2.67. The molecule has 0 aromatic heterocycles. The van der Waals surface area contributed by atoms with Crippen LogP contribution in [0.1, 0.15) is 12.0 Å². The number of aliphatic hydroxyl groups excluding tert-OH is 1. The molecule has 1 amide bonds. The summed E-state index contributed by atoms with van der Waals surface area (Å²) in [6.07, 6.45) is -0.346. The van der Waals surface area contributed by atoms with Crippen molar-refractivity contribution in [1.82, 2.24) is 0 Å². The highest BCUT2D eigenvalue weighted by molar-refractivity contribution is 6.30. The summed E-state index contributed by atoms with van der Waals surface area (Å²) in [6.45, 7) is 2.47. The van der Waals surface area contributed by atoms with E-state index in [1.165, 1.54) is 0 Å². The van der Waals surface area contributed by atoms with E-state index in [0.29, 0.717) is 18.0 Å². The minimum Gasteiger partial charge on any atom is -0.383 e. The summed E-state index contributed by atoms with van der Waals surface area (Å²) in [4.78, 5) is 13.2. The number of rotatable bonds is 1. The van der Waals surface area contributed by atoms with Gasteiger partial charge in [-0.15, -0.1) is 0 Å². The Balaban J connectivity index is 2.34. The predicted octanol–water partition coefficient (Wildman–Crippen LogP) is 1.75. The van der Waals surface area contributed by atoms with E-state index < -0.39 is 6.10 Å². The molecule has 4 heteroatoms. The van der Waals surface area contributed by atoms with Crippen molar-refractivity contribution < 1.29 is 9.90 Å². The molecule has 1 aliphatic heterocycles. The van der Waals surface area contributed by atoms with E-state index in [0.717, 1.165) is 11.3 Å². The van der Waals surface area contributed by atoms with E-state index in [4.69, 9.17) is 11.6 Å². The Bertz CT molecular complexity index is 406. The summed E-state index contributed by atoms with van der Waals surface area (Å²) in [5.41, 5.74) is 1.78. The molecule has 0 radical (unpaired) electrons. The fraction of sp³-hybridized carbons (Fsp3) is 0.364. The van der Waals surface area contributed by atoms with Gasteiger partial charge >= 0.3 is 0 Å². The first-order valence-electron chi connectivity index (χ1n) is 4.85.